The molecule has 0 radical (unpaired) electrons. The fourth-order valence-corrected chi connectivity index (χ4v) is 3.23. The molecule has 0 amide bonds. The molecular weight excluding hydrogens is 268 g/mol. The van der Waals surface area contributed by atoms with Crippen LogP contribution in [0.25, 0.3) is 0 Å². The van der Waals surface area contributed by atoms with Crippen molar-refractivity contribution in [3.63, 3.8) is 0 Å². The normalized spacial score (nSPS) is 10.6. The average Bonchev–Trinajstić information content (AvgIpc) is 2.40. The molecule has 0 bridgehead atoms. The van der Waals surface area contributed by atoms with E-state index in [4.69, 9.17) is 10.5 Å². The third-order valence-corrected chi connectivity index (χ3v) is 4.50. The zero-order valence-electron chi connectivity index (χ0n) is 12.4. The summed E-state index contributed by atoms with van der Waals surface area (Å²) < 4.78 is 5.44. The summed E-state index contributed by atoms with van der Waals surface area (Å²) in [6.45, 7) is 6.15. The third-order valence-electron chi connectivity index (χ3n) is 3.31. The fraction of sp³-hybridized carbons (Fsp3) is 0.312. The molecule has 0 atom stereocenters. The number of methoxy groups -OCH3 is 1. The van der Waals surface area contributed by atoms with Crippen molar-refractivity contribution in [1.29, 1.82) is 0 Å². The van der Waals surface area contributed by atoms with Gasteiger partial charge >= 0.3 is 0 Å². The predicted molar refractivity (Wildman–Crippen MR) is 85.4 cm³/mol. The van der Waals surface area contributed by atoms with Gasteiger partial charge in [0.1, 0.15) is 5.75 Å². The molecule has 1 heterocycles. The molecule has 0 unspecified atom stereocenters. The Kier molecular flexibility index (Phi) is 4.55. The molecule has 1 aromatic heterocycles. The van der Waals surface area contributed by atoms with Gasteiger partial charge in [-0.05, 0) is 44.5 Å². The molecule has 0 aliphatic carbocycles. The van der Waals surface area contributed by atoms with Gasteiger partial charge in [-0.1, -0.05) is 0 Å². The minimum atomic E-state index is 0.804. The van der Waals surface area contributed by atoms with Crippen molar-refractivity contribution in [1.82, 2.24) is 4.98 Å². The lowest BCUT2D eigenvalue weighted by Gasteiger charge is -2.12. The minimum absolute atomic E-state index is 0.804. The van der Waals surface area contributed by atoms with Gasteiger partial charge < -0.3 is 10.5 Å². The Hall–Kier alpha value is -1.68. The second-order valence-electron chi connectivity index (χ2n) is 4.86. The Labute approximate surface area is 124 Å². The predicted octanol–water partition coefficient (Wildman–Crippen LogP) is 3.89. The van der Waals surface area contributed by atoms with Crippen LogP contribution in [0.15, 0.2) is 29.3 Å². The third kappa shape index (κ3) is 3.07. The molecule has 0 aliphatic rings. The second-order valence-corrected chi connectivity index (χ2v) is 5.88. The molecular formula is C16H20N2OS. The van der Waals surface area contributed by atoms with Gasteiger partial charge in [0.15, 0.2) is 0 Å². The number of hydrogen-bond acceptors (Lipinski definition) is 4. The van der Waals surface area contributed by atoms with Crippen molar-refractivity contribution in [2.75, 3.05) is 12.8 Å². The second kappa shape index (κ2) is 6.18. The standard InChI is InChI=1S/C16H20N2OS/c1-10-7-13(17)5-6-15(10)20-9-14-12(3)16(19-4)11(2)8-18-14/h5-8H,9,17H2,1-4H3. The van der Waals surface area contributed by atoms with Gasteiger partial charge in [-0.25, -0.2) is 0 Å². The lowest BCUT2D eigenvalue weighted by atomic mass is 10.1. The molecule has 106 valence electrons. The van der Waals surface area contributed by atoms with E-state index >= 15 is 0 Å². The zero-order chi connectivity index (χ0) is 14.7. The fourth-order valence-electron chi connectivity index (χ4n) is 2.20. The number of nitrogen functional groups attached to an aromatic ring is 1. The molecule has 2 rings (SSSR count). The summed E-state index contributed by atoms with van der Waals surface area (Å²) in [5.74, 6) is 1.76. The molecule has 0 aliphatic heterocycles. The van der Waals surface area contributed by atoms with Crippen LogP contribution in [0, 0.1) is 20.8 Å². The van der Waals surface area contributed by atoms with Gasteiger partial charge in [0, 0.05) is 33.7 Å². The van der Waals surface area contributed by atoms with E-state index in [1.807, 2.05) is 25.3 Å². The van der Waals surface area contributed by atoms with Gasteiger partial charge in [0.25, 0.3) is 0 Å². The van der Waals surface area contributed by atoms with E-state index in [9.17, 15) is 0 Å². The van der Waals surface area contributed by atoms with Crippen LogP contribution in [0.5, 0.6) is 5.75 Å². The topological polar surface area (TPSA) is 48.1 Å². The number of thioether (sulfide) groups is 1. The van der Waals surface area contributed by atoms with Crippen LogP contribution >= 0.6 is 11.8 Å². The first-order valence-electron chi connectivity index (χ1n) is 6.51. The molecule has 0 spiro atoms. The number of aryl methyl sites for hydroxylation is 2. The minimum Gasteiger partial charge on any atom is -0.496 e. The number of aromatic nitrogens is 1. The average molecular weight is 288 g/mol. The number of anilines is 1. The molecule has 2 aromatic rings. The SMILES string of the molecule is COc1c(C)cnc(CSc2ccc(N)cc2C)c1C. The summed E-state index contributed by atoms with van der Waals surface area (Å²) in [5.41, 5.74) is 11.0. The number of rotatable bonds is 4. The summed E-state index contributed by atoms with van der Waals surface area (Å²) in [5, 5.41) is 0. The molecule has 0 saturated carbocycles. The zero-order valence-corrected chi connectivity index (χ0v) is 13.2. The summed E-state index contributed by atoms with van der Waals surface area (Å²) in [6.07, 6.45) is 1.87. The first-order valence-corrected chi connectivity index (χ1v) is 7.49. The maximum Gasteiger partial charge on any atom is 0.128 e. The Balaban J connectivity index is 2.19. The number of hydrogen-bond donors (Lipinski definition) is 1. The molecule has 20 heavy (non-hydrogen) atoms. The van der Waals surface area contributed by atoms with E-state index in [0.717, 1.165) is 34.0 Å². The quantitative estimate of drug-likeness (QED) is 0.685. The molecule has 4 heteroatoms. The van der Waals surface area contributed by atoms with Crippen molar-refractivity contribution in [2.24, 2.45) is 0 Å². The van der Waals surface area contributed by atoms with Gasteiger partial charge in [-0.15, -0.1) is 11.8 Å². The van der Waals surface area contributed by atoms with Crippen molar-refractivity contribution in [2.45, 2.75) is 31.4 Å². The summed E-state index contributed by atoms with van der Waals surface area (Å²) in [6, 6.07) is 6.00. The number of nitrogens with zero attached hydrogens (tertiary/aromatic N) is 1. The lowest BCUT2D eigenvalue weighted by Crippen LogP contribution is -1.99. The number of pyridine rings is 1. The number of nitrogens with two attached hydrogens (primary N) is 1. The smallest absolute Gasteiger partial charge is 0.128 e. The van der Waals surface area contributed by atoms with E-state index in [-0.39, 0.29) is 0 Å². The largest absolute Gasteiger partial charge is 0.496 e. The Morgan fingerprint density at radius 3 is 2.60 bits per heavy atom. The van der Waals surface area contributed by atoms with Gasteiger partial charge in [-0.3, -0.25) is 4.98 Å². The highest BCUT2D eigenvalue weighted by atomic mass is 32.2. The van der Waals surface area contributed by atoms with Crippen LogP contribution in [0.1, 0.15) is 22.4 Å². The molecule has 2 N–H and O–H groups in total. The Morgan fingerprint density at radius 1 is 1.20 bits per heavy atom. The number of benzene rings is 1. The van der Waals surface area contributed by atoms with Crippen molar-refractivity contribution < 1.29 is 4.74 Å². The summed E-state index contributed by atoms with van der Waals surface area (Å²) >= 11 is 1.77. The van der Waals surface area contributed by atoms with Gasteiger partial charge in [-0.2, -0.15) is 0 Å². The van der Waals surface area contributed by atoms with E-state index in [1.54, 1.807) is 18.9 Å². The maximum atomic E-state index is 5.78. The molecule has 1 aromatic carbocycles. The van der Waals surface area contributed by atoms with Crippen molar-refractivity contribution in [3.8, 4) is 5.75 Å². The van der Waals surface area contributed by atoms with Crippen LogP contribution in [0.3, 0.4) is 0 Å². The maximum absolute atomic E-state index is 5.78. The van der Waals surface area contributed by atoms with Gasteiger partial charge in [0.2, 0.25) is 0 Å². The lowest BCUT2D eigenvalue weighted by molar-refractivity contribution is 0.407. The van der Waals surface area contributed by atoms with E-state index < -0.39 is 0 Å². The molecule has 0 fully saturated rings. The van der Waals surface area contributed by atoms with Crippen LogP contribution in [-0.4, -0.2) is 12.1 Å². The highest BCUT2D eigenvalue weighted by Crippen LogP contribution is 2.31. The van der Waals surface area contributed by atoms with Crippen LogP contribution in [-0.2, 0) is 5.75 Å². The van der Waals surface area contributed by atoms with Gasteiger partial charge in [0.05, 0.1) is 12.8 Å². The first-order chi connectivity index (χ1) is 9.52. The van der Waals surface area contributed by atoms with Crippen LogP contribution in [0.4, 0.5) is 5.69 Å². The number of ether oxygens (including phenoxy) is 1. The first kappa shape index (κ1) is 14.7. The monoisotopic (exact) mass is 288 g/mol. The Bertz CT molecular complexity index is 626. The van der Waals surface area contributed by atoms with Crippen molar-refractivity contribution in [3.05, 3.63) is 46.8 Å². The van der Waals surface area contributed by atoms with E-state index in [1.165, 1.54) is 10.5 Å². The van der Waals surface area contributed by atoms with E-state index in [2.05, 4.69) is 24.9 Å². The highest BCUT2D eigenvalue weighted by Gasteiger charge is 2.10. The Morgan fingerprint density at radius 2 is 1.95 bits per heavy atom. The van der Waals surface area contributed by atoms with Crippen LogP contribution in [0.2, 0.25) is 0 Å². The molecule has 0 saturated heterocycles. The van der Waals surface area contributed by atoms with Crippen molar-refractivity contribution >= 4 is 17.4 Å². The summed E-state index contributed by atoms with van der Waals surface area (Å²) in [7, 11) is 1.70. The molecule has 3 nitrogen and oxygen atoms in total. The van der Waals surface area contributed by atoms with Crippen LogP contribution < -0.4 is 10.5 Å². The summed E-state index contributed by atoms with van der Waals surface area (Å²) in [4.78, 5) is 5.76. The highest BCUT2D eigenvalue weighted by molar-refractivity contribution is 7.98. The van der Waals surface area contributed by atoms with E-state index in [0.29, 0.717) is 0 Å².